The lowest BCUT2D eigenvalue weighted by atomic mass is 9.77. The fourth-order valence-electron chi connectivity index (χ4n) is 3.65. The van der Waals surface area contributed by atoms with E-state index in [1.807, 2.05) is 0 Å². The predicted octanol–water partition coefficient (Wildman–Crippen LogP) is 3.05. The fraction of sp³-hybridized carbons (Fsp3) is 0.941. The Balaban J connectivity index is 1.80. The van der Waals surface area contributed by atoms with Gasteiger partial charge in [0.25, 0.3) is 0 Å². The van der Waals surface area contributed by atoms with Crippen molar-refractivity contribution in [3.8, 4) is 0 Å². The van der Waals surface area contributed by atoms with Crippen LogP contribution in [-0.4, -0.2) is 37.0 Å². The normalized spacial score (nSPS) is 26.6. The molecule has 1 amide bonds. The van der Waals surface area contributed by atoms with Crippen LogP contribution in [0.25, 0.3) is 0 Å². The second-order valence-corrected chi connectivity index (χ2v) is 7.75. The summed E-state index contributed by atoms with van der Waals surface area (Å²) < 4.78 is 0. The lowest BCUT2D eigenvalue weighted by molar-refractivity contribution is -0.130. The summed E-state index contributed by atoms with van der Waals surface area (Å²) in [5.41, 5.74) is 0.339. The van der Waals surface area contributed by atoms with Crippen LogP contribution in [0, 0.1) is 17.3 Å². The Kier molecular flexibility index (Phi) is 5.48. The molecule has 0 aromatic heterocycles. The lowest BCUT2D eigenvalue weighted by Gasteiger charge is -2.30. The third-order valence-electron chi connectivity index (χ3n) is 5.30. The summed E-state index contributed by atoms with van der Waals surface area (Å²) >= 11 is 0. The molecular formula is C17H32N2O. The number of nitrogens with zero attached hydrogens (tertiary/aromatic N) is 1. The van der Waals surface area contributed by atoms with E-state index < -0.39 is 0 Å². The van der Waals surface area contributed by atoms with Crippen molar-refractivity contribution < 1.29 is 4.79 Å². The van der Waals surface area contributed by atoms with Crippen molar-refractivity contribution in [1.82, 2.24) is 10.2 Å². The van der Waals surface area contributed by atoms with Gasteiger partial charge in [0, 0.05) is 19.5 Å². The summed E-state index contributed by atoms with van der Waals surface area (Å²) in [6, 6.07) is 0. The molecule has 0 aromatic carbocycles. The van der Waals surface area contributed by atoms with E-state index in [2.05, 4.69) is 31.0 Å². The standard InChI is InChI=1S/C17H32N2O/c1-17(2,3)15-4-5-16(20)19(13-9-15)12-8-14-6-10-18-11-7-14/h14-15,18H,4-13H2,1-3H3. The maximum Gasteiger partial charge on any atom is 0.222 e. The zero-order valence-electron chi connectivity index (χ0n) is 13.6. The number of hydrogen-bond donors (Lipinski definition) is 1. The van der Waals surface area contributed by atoms with E-state index in [0.717, 1.165) is 44.9 Å². The van der Waals surface area contributed by atoms with Gasteiger partial charge < -0.3 is 10.2 Å². The first-order valence-electron chi connectivity index (χ1n) is 8.45. The van der Waals surface area contributed by atoms with E-state index >= 15 is 0 Å². The van der Waals surface area contributed by atoms with Gasteiger partial charge in [0.2, 0.25) is 5.91 Å². The highest BCUT2D eigenvalue weighted by atomic mass is 16.2. The summed E-state index contributed by atoms with van der Waals surface area (Å²) in [6.07, 6.45) is 6.79. The summed E-state index contributed by atoms with van der Waals surface area (Å²) in [4.78, 5) is 14.4. The van der Waals surface area contributed by atoms with Crippen molar-refractivity contribution in [3.05, 3.63) is 0 Å². The quantitative estimate of drug-likeness (QED) is 0.862. The Morgan fingerprint density at radius 3 is 2.50 bits per heavy atom. The third-order valence-corrected chi connectivity index (χ3v) is 5.30. The highest BCUT2D eigenvalue weighted by molar-refractivity contribution is 5.76. The van der Waals surface area contributed by atoms with Gasteiger partial charge in [-0.15, -0.1) is 0 Å². The Hall–Kier alpha value is -0.570. The van der Waals surface area contributed by atoms with Crippen molar-refractivity contribution in [2.45, 2.75) is 59.3 Å². The van der Waals surface area contributed by atoms with Crippen LogP contribution in [0.15, 0.2) is 0 Å². The molecule has 116 valence electrons. The van der Waals surface area contributed by atoms with Crippen LogP contribution in [0.4, 0.5) is 0 Å². The largest absolute Gasteiger partial charge is 0.343 e. The van der Waals surface area contributed by atoms with Gasteiger partial charge in [0.15, 0.2) is 0 Å². The lowest BCUT2D eigenvalue weighted by Crippen LogP contribution is -2.34. The number of likely N-dealkylation sites (tertiary alicyclic amines) is 1. The van der Waals surface area contributed by atoms with Gasteiger partial charge in [-0.3, -0.25) is 4.79 Å². The molecule has 0 aromatic rings. The predicted molar refractivity (Wildman–Crippen MR) is 83.6 cm³/mol. The minimum Gasteiger partial charge on any atom is -0.343 e. The molecule has 2 rings (SSSR count). The molecule has 20 heavy (non-hydrogen) atoms. The van der Waals surface area contributed by atoms with E-state index in [1.54, 1.807) is 0 Å². The number of piperidine rings is 1. The van der Waals surface area contributed by atoms with Gasteiger partial charge in [-0.05, 0) is 62.4 Å². The van der Waals surface area contributed by atoms with Crippen molar-refractivity contribution in [2.75, 3.05) is 26.2 Å². The maximum atomic E-state index is 12.3. The third kappa shape index (κ3) is 4.47. The first-order valence-corrected chi connectivity index (χ1v) is 8.45. The number of hydrogen-bond acceptors (Lipinski definition) is 2. The summed E-state index contributed by atoms with van der Waals surface area (Å²) in [6.45, 7) is 11.2. The monoisotopic (exact) mass is 280 g/mol. The van der Waals surface area contributed by atoms with Crippen LogP contribution in [0.5, 0.6) is 0 Å². The van der Waals surface area contributed by atoms with Crippen LogP contribution in [0.3, 0.4) is 0 Å². The molecule has 3 heteroatoms. The molecule has 2 heterocycles. The summed E-state index contributed by atoms with van der Waals surface area (Å²) in [5.74, 6) is 1.91. The molecule has 3 nitrogen and oxygen atoms in total. The van der Waals surface area contributed by atoms with Crippen molar-refractivity contribution in [2.24, 2.45) is 17.3 Å². The van der Waals surface area contributed by atoms with E-state index in [1.165, 1.54) is 25.7 Å². The van der Waals surface area contributed by atoms with Crippen LogP contribution >= 0.6 is 0 Å². The minimum absolute atomic E-state index is 0.339. The number of carbonyl (C=O) groups is 1. The van der Waals surface area contributed by atoms with Crippen LogP contribution in [0.2, 0.25) is 0 Å². The molecule has 2 fully saturated rings. The Bertz CT molecular complexity index is 315. The SMILES string of the molecule is CC(C)(C)C1CCC(=O)N(CCC2CCNCC2)CC1. The Morgan fingerprint density at radius 1 is 1.15 bits per heavy atom. The molecule has 0 aliphatic carbocycles. The second kappa shape index (κ2) is 6.93. The molecule has 0 radical (unpaired) electrons. The van der Waals surface area contributed by atoms with Gasteiger partial charge in [0.05, 0.1) is 0 Å². The molecule has 2 aliphatic rings. The summed E-state index contributed by atoms with van der Waals surface area (Å²) in [5, 5.41) is 3.41. The average Bonchev–Trinajstić information content (AvgIpc) is 2.59. The number of amides is 1. The Morgan fingerprint density at radius 2 is 1.85 bits per heavy atom. The maximum absolute atomic E-state index is 12.3. The van der Waals surface area contributed by atoms with Crippen molar-refractivity contribution >= 4 is 5.91 Å². The average molecular weight is 280 g/mol. The van der Waals surface area contributed by atoms with Crippen LogP contribution in [-0.2, 0) is 4.79 Å². The van der Waals surface area contributed by atoms with E-state index in [-0.39, 0.29) is 0 Å². The molecule has 0 saturated carbocycles. The highest BCUT2D eigenvalue weighted by Gasteiger charge is 2.30. The van der Waals surface area contributed by atoms with Crippen LogP contribution < -0.4 is 5.32 Å². The molecule has 1 unspecified atom stereocenters. The van der Waals surface area contributed by atoms with E-state index in [0.29, 0.717) is 17.2 Å². The smallest absolute Gasteiger partial charge is 0.222 e. The van der Waals surface area contributed by atoms with E-state index in [9.17, 15) is 4.79 Å². The van der Waals surface area contributed by atoms with Crippen molar-refractivity contribution in [3.63, 3.8) is 0 Å². The number of nitrogens with one attached hydrogen (secondary N) is 1. The zero-order chi connectivity index (χ0) is 14.6. The molecule has 1 atom stereocenters. The molecule has 2 aliphatic heterocycles. The summed E-state index contributed by atoms with van der Waals surface area (Å²) in [7, 11) is 0. The number of carbonyl (C=O) groups excluding carboxylic acids is 1. The van der Waals surface area contributed by atoms with Gasteiger partial charge in [-0.2, -0.15) is 0 Å². The van der Waals surface area contributed by atoms with Crippen LogP contribution in [0.1, 0.15) is 59.3 Å². The van der Waals surface area contributed by atoms with Gasteiger partial charge >= 0.3 is 0 Å². The molecule has 0 bridgehead atoms. The van der Waals surface area contributed by atoms with Crippen molar-refractivity contribution in [1.29, 1.82) is 0 Å². The van der Waals surface area contributed by atoms with Gasteiger partial charge in [-0.25, -0.2) is 0 Å². The highest BCUT2D eigenvalue weighted by Crippen LogP contribution is 2.34. The fourth-order valence-corrected chi connectivity index (χ4v) is 3.65. The Labute approximate surface area is 124 Å². The van der Waals surface area contributed by atoms with Gasteiger partial charge in [0.1, 0.15) is 0 Å². The zero-order valence-corrected chi connectivity index (χ0v) is 13.6. The first kappa shape index (κ1) is 15.8. The molecule has 0 spiro atoms. The topological polar surface area (TPSA) is 32.3 Å². The minimum atomic E-state index is 0.339. The first-order chi connectivity index (χ1) is 9.47. The molecule has 1 N–H and O–H groups in total. The van der Waals surface area contributed by atoms with E-state index in [4.69, 9.17) is 0 Å². The molecule has 2 saturated heterocycles. The number of rotatable bonds is 3. The molecular weight excluding hydrogens is 248 g/mol. The second-order valence-electron chi connectivity index (χ2n) is 7.75. The van der Waals surface area contributed by atoms with Gasteiger partial charge in [-0.1, -0.05) is 20.8 Å².